The summed E-state index contributed by atoms with van der Waals surface area (Å²) in [6, 6.07) is 14.3. The Morgan fingerprint density at radius 1 is 0.700 bits per heavy atom. The lowest BCUT2D eigenvalue weighted by Crippen LogP contribution is -2.05. The molecule has 0 aliphatic carbocycles. The van der Waals surface area contributed by atoms with E-state index in [0.717, 1.165) is 11.1 Å². The molecule has 0 unspecified atom stereocenters. The van der Waals surface area contributed by atoms with Gasteiger partial charge in [0.1, 0.15) is 0 Å². The zero-order valence-electron chi connectivity index (χ0n) is 10.7. The van der Waals surface area contributed by atoms with Gasteiger partial charge in [0.2, 0.25) is 0 Å². The van der Waals surface area contributed by atoms with Gasteiger partial charge in [0.25, 0.3) is 0 Å². The molecule has 0 saturated heterocycles. The third-order valence-electron chi connectivity index (χ3n) is 3.01. The topological polar surface area (TPSA) is 74.6 Å². The first-order valence-corrected chi connectivity index (χ1v) is 6.17. The molecule has 0 bridgehead atoms. The second-order valence-corrected chi connectivity index (χ2v) is 4.46. The van der Waals surface area contributed by atoms with E-state index < -0.39 is 11.9 Å². The molecule has 0 radical (unpaired) electrons. The molecular weight excluding hydrogens is 256 g/mol. The molecular formula is C16H14O4. The van der Waals surface area contributed by atoms with Gasteiger partial charge >= 0.3 is 11.9 Å². The van der Waals surface area contributed by atoms with Crippen molar-refractivity contribution in [2.75, 3.05) is 0 Å². The van der Waals surface area contributed by atoms with Gasteiger partial charge in [-0.1, -0.05) is 48.5 Å². The van der Waals surface area contributed by atoms with E-state index in [1.165, 1.54) is 0 Å². The quantitative estimate of drug-likeness (QED) is 0.875. The van der Waals surface area contributed by atoms with Crippen LogP contribution in [0.5, 0.6) is 0 Å². The zero-order chi connectivity index (χ0) is 14.5. The van der Waals surface area contributed by atoms with E-state index in [9.17, 15) is 9.59 Å². The number of benzene rings is 2. The summed E-state index contributed by atoms with van der Waals surface area (Å²) in [7, 11) is 0. The SMILES string of the molecule is O=C(O)Cc1ccccc1-c1ccccc1CC(=O)O. The summed E-state index contributed by atoms with van der Waals surface area (Å²) >= 11 is 0. The van der Waals surface area contributed by atoms with Crippen molar-refractivity contribution in [1.29, 1.82) is 0 Å². The summed E-state index contributed by atoms with van der Waals surface area (Å²) in [5.74, 6) is -1.82. The van der Waals surface area contributed by atoms with Gasteiger partial charge in [-0.2, -0.15) is 0 Å². The summed E-state index contributed by atoms with van der Waals surface area (Å²) in [6.45, 7) is 0. The van der Waals surface area contributed by atoms with Gasteiger partial charge in [-0.25, -0.2) is 0 Å². The van der Waals surface area contributed by atoms with Crippen LogP contribution in [0.25, 0.3) is 11.1 Å². The van der Waals surface area contributed by atoms with Crippen molar-refractivity contribution in [2.45, 2.75) is 12.8 Å². The highest BCUT2D eigenvalue weighted by atomic mass is 16.4. The molecule has 0 saturated carbocycles. The van der Waals surface area contributed by atoms with Gasteiger partial charge in [0.15, 0.2) is 0 Å². The van der Waals surface area contributed by atoms with Crippen molar-refractivity contribution >= 4 is 11.9 Å². The lowest BCUT2D eigenvalue weighted by molar-refractivity contribution is -0.137. The van der Waals surface area contributed by atoms with Crippen LogP contribution in [0.15, 0.2) is 48.5 Å². The highest BCUT2D eigenvalue weighted by molar-refractivity contribution is 5.80. The summed E-state index contributed by atoms with van der Waals surface area (Å²) in [4.78, 5) is 21.8. The standard InChI is InChI=1S/C16H14O4/c17-15(18)9-11-5-1-3-7-13(11)14-8-4-2-6-12(14)10-16(19)20/h1-8H,9-10H2,(H,17,18)(H,19,20). The number of rotatable bonds is 5. The Morgan fingerprint density at radius 2 is 1.05 bits per heavy atom. The van der Waals surface area contributed by atoms with Crippen molar-refractivity contribution in [1.82, 2.24) is 0 Å². The average molecular weight is 270 g/mol. The lowest BCUT2D eigenvalue weighted by Gasteiger charge is -2.12. The number of hydrogen-bond acceptors (Lipinski definition) is 2. The summed E-state index contributed by atoms with van der Waals surface area (Å²) in [5.41, 5.74) is 2.90. The molecule has 0 aliphatic heterocycles. The van der Waals surface area contributed by atoms with Gasteiger partial charge in [0, 0.05) is 0 Å². The Bertz CT molecular complexity index is 589. The Morgan fingerprint density at radius 3 is 1.40 bits per heavy atom. The molecule has 0 heterocycles. The van der Waals surface area contributed by atoms with Crippen LogP contribution < -0.4 is 0 Å². The van der Waals surface area contributed by atoms with E-state index in [1.54, 1.807) is 24.3 Å². The summed E-state index contributed by atoms with van der Waals surface area (Å²) in [6.07, 6.45) is -0.171. The molecule has 0 amide bonds. The molecule has 2 N–H and O–H groups in total. The predicted octanol–water partition coefficient (Wildman–Crippen LogP) is 2.61. The Kier molecular flexibility index (Phi) is 4.15. The van der Waals surface area contributed by atoms with Crippen LogP contribution in [-0.2, 0) is 22.4 Å². The minimum absolute atomic E-state index is 0.0857. The second-order valence-electron chi connectivity index (χ2n) is 4.46. The van der Waals surface area contributed by atoms with Gasteiger partial charge in [-0.15, -0.1) is 0 Å². The molecule has 2 rings (SSSR count). The minimum Gasteiger partial charge on any atom is -0.481 e. The van der Waals surface area contributed by atoms with Crippen LogP contribution in [-0.4, -0.2) is 22.2 Å². The Labute approximate surface area is 116 Å². The van der Waals surface area contributed by atoms with Gasteiger partial charge in [0.05, 0.1) is 12.8 Å². The molecule has 2 aromatic carbocycles. The minimum atomic E-state index is -0.909. The fourth-order valence-corrected chi connectivity index (χ4v) is 2.20. The van der Waals surface area contributed by atoms with E-state index in [2.05, 4.69) is 0 Å². The highest BCUT2D eigenvalue weighted by Crippen LogP contribution is 2.28. The number of hydrogen-bond donors (Lipinski definition) is 2. The summed E-state index contributed by atoms with van der Waals surface area (Å²) < 4.78 is 0. The number of aliphatic carboxylic acids is 2. The van der Waals surface area contributed by atoms with E-state index in [-0.39, 0.29) is 12.8 Å². The van der Waals surface area contributed by atoms with Crippen LogP contribution in [0.2, 0.25) is 0 Å². The molecule has 102 valence electrons. The molecule has 0 spiro atoms. The number of carboxylic acids is 2. The second kappa shape index (κ2) is 6.02. The normalized spacial score (nSPS) is 10.2. The van der Waals surface area contributed by atoms with Crippen molar-refractivity contribution in [3.63, 3.8) is 0 Å². The maximum Gasteiger partial charge on any atom is 0.307 e. The molecule has 0 fully saturated rings. The van der Waals surface area contributed by atoms with Gasteiger partial charge < -0.3 is 10.2 Å². The van der Waals surface area contributed by atoms with Crippen molar-refractivity contribution in [3.05, 3.63) is 59.7 Å². The molecule has 4 heteroatoms. The van der Waals surface area contributed by atoms with Crippen molar-refractivity contribution in [2.24, 2.45) is 0 Å². The first kappa shape index (κ1) is 13.8. The van der Waals surface area contributed by atoms with E-state index in [1.807, 2.05) is 24.3 Å². The van der Waals surface area contributed by atoms with Crippen LogP contribution in [0, 0.1) is 0 Å². The van der Waals surface area contributed by atoms with E-state index in [4.69, 9.17) is 10.2 Å². The van der Waals surface area contributed by atoms with Crippen molar-refractivity contribution < 1.29 is 19.8 Å². The Balaban J connectivity index is 2.51. The van der Waals surface area contributed by atoms with Gasteiger partial charge in [-0.05, 0) is 22.3 Å². The number of carboxylic acid groups (broad SMARTS) is 2. The summed E-state index contributed by atoms with van der Waals surface area (Å²) in [5, 5.41) is 17.9. The van der Waals surface area contributed by atoms with Crippen molar-refractivity contribution in [3.8, 4) is 11.1 Å². The first-order chi connectivity index (χ1) is 9.58. The zero-order valence-corrected chi connectivity index (χ0v) is 10.7. The number of carbonyl (C=O) groups is 2. The smallest absolute Gasteiger partial charge is 0.307 e. The molecule has 0 atom stereocenters. The molecule has 0 aliphatic rings. The molecule has 4 nitrogen and oxygen atoms in total. The average Bonchev–Trinajstić information content (AvgIpc) is 2.39. The predicted molar refractivity (Wildman–Crippen MR) is 74.6 cm³/mol. The molecule has 20 heavy (non-hydrogen) atoms. The fraction of sp³-hybridized carbons (Fsp3) is 0.125. The van der Waals surface area contributed by atoms with Crippen LogP contribution >= 0.6 is 0 Å². The third-order valence-corrected chi connectivity index (χ3v) is 3.01. The fourth-order valence-electron chi connectivity index (χ4n) is 2.20. The van der Waals surface area contributed by atoms with Crippen LogP contribution in [0.4, 0.5) is 0 Å². The largest absolute Gasteiger partial charge is 0.481 e. The molecule has 0 aromatic heterocycles. The maximum absolute atomic E-state index is 10.9. The van der Waals surface area contributed by atoms with Crippen LogP contribution in [0.3, 0.4) is 0 Å². The van der Waals surface area contributed by atoms with Gasteiger partial charge in [-0.3, -0.25) is 9.59 Å². The Hall–Kier alpha value is -2.62. The van der Waals surface area contributed by atoms with E-state index in [0.29, 0.717) is 11.1 Å². The highest BCUT2D eigenvalue weighted by Gasteiger charge is 2.12. The first-order valence-electron chi connectivity index (χ1n) is 6.17. The monoisotopic (exact) mass is 270 g/mol. The van der Waals surface area contributed by atoms with E-state index >= 15 is 0 Å². The lowest BCUT2D eigenvalue weighted by atomic mass is 9.93. The third kappa shape index (κ3) is 3.23. The molecule has 2 aromatic rings. The maximum atomic E-state index is 10.9. The van der Waals surface area contributed by atoms with Crippen LogP contribution in [0.1, 0.15) is 11.1 Å².